The largest absolute Gasteiger partial charge is 0.255 e. The zero-order chi connectivity index (χ0) is 32.6. The number of aliphatic imine (C=N–C) groups is 1. The molecule has 0 saturated heterocycles. The first-order valence-corrected chi connectivity index (χ1v) is 17.2. The molecule has 9 rings (SSSR count). The predicted octanol–water partition coefficient (Wildman–Crippen LogP) is 12.2. The molecule has 8 aromatic rings. The lowest BCUT2D eigenvalue weighted by Crippen LogP contribution is -1.95. The lowest BCUT2D eigenvalue weighted by Gasteiger charge is -2.13. The number of para-hydroxylation sites is 3. The Bertz CT molecular complexity index is 2540. The van der Waals surface area contributed by atoms with Gasteiger partial charge in [-0.05, 0) is 81.9 Å². The van der Waals surface area contributed by atoms with Crippen LogP contribution in [-0.4, -0.2) is 16.2 Å². The Morgan fingerprint density at radius 2 is 0.857 bits per heavy atom. The van der Waals surface area contributed by atoms with E-state index in [0.717, 1.165) is 61.5 Å². The molecule has 230 valence electrons. The van der Waals surface area contributed by atoms with Crippen molar-refractivity contribution in [1.82, 2.24) is 9.97 Å². The fraction of sp³-hybridized carbons (Fsp3) is 0. The van der Waals surface area contributed by atoms with Crippen LogP contribution in [0.4, 0.5) is 5.69 Å². The standard InChI is InChI=1S/C45H29N3S/c1-2-12-30(13-3-1)44-45(48-40-22-5-4-21-39(40)47-44)36-19-10-17-34(28-36)32-15-8-14-31(26-32)33-16-9-18-35(27-33)37-20-11-25-42-38(37)29-46-41-23-6-7-24-43(41)49-42/h1-29H. The Kier molecular flexibility index (Phi) is 7.41. The van der Waals surface area contributed by atoms with Crippen molar-refractivity contribution in [1.29, 1.82) is 0 Å². The molecular formula is C45H29N3S. The summed E-state index contributed by atoms with van der Waals surface area (Å²) in [7, 11) is 0. The van der Waals surface area contributed by atoms with Crippen molar-refractivity contribution in [3.8, 4) is 55.9 Å². The van der Waals surface area contributed by atoms with Crippen LogP contribution in [0.25, 0.3) is 66.9 Å². The van der Waals surface area contributed by atoms with Gasteiger partial charge in [-0.1, -0.05) is 133 Å². The molecular weight excluding hydrogens is 615 g/mol. The van der Waals surface area contributed by atoms with Crippen LogP contribution in [0, 0.1) is 0 Å². The molecule has 1 aromatic heterocycles. The molecule has 0 unspecified atom stereocenters. The van der Waals surface area contributed by atoms with E-state index in [4.69, 9.17) is 15.0 Å². The Labute approximate surface area is 289 Å². The molecule has 0 spiro atoms. The first-order valence-electron chi connectivity index (χ1n) is 16.3. The van der Waals surface area contributed by atoms with Crippen LogP contribution in [0.1, 0.15) is 5.56 Å². The Morgan fingerprint density at radius 1 is 0.367 bits per heavy atom. The van der Waals surface area contributed by atoms with Crippen LogP contribution >= 0.6 is 11.8 Å². The second-order valence-electron chi connectivity index (χ2n) is 12.1. The molecule has 7 aromatic carbocycles. The number of fused-ring (bicyclic) bond motifs is 3. The smallest absolute Gasteiger partial charge is 0.0973 e. The molecule has 2 heterocycles. The van der Waals surface area contributed by atoms with Gasteiger partial charge in [0.05, 0.1) is 28.1 Å². The number of hydrogen-bond acceptors (Lipinski definition) is 4. The van der Waals surface area contributed by atoms with Gasteiger partial charge < -0.3 is 0 Å². The van der Waals surface area contributed by atoms with E-state index >= 15 is 0 Å². The summed E-state index contributed by atoms with van der Waals surface area (Å²) < 4.78 is 0. The minimum atomic E-state index is 0.877. The molecule has 1 aliphatic heterocycles. The molecule has 0 N–H and O–H groups in total. The molecule has 3 nitrogen and oxygen atoms in total. The third-order valence-electron chi connectivity index (χ3n) is 8.94. The number of rotatable bonds is 5. The number of benzene rings is 7. The van der Waals surface area contributed by atoms with E-state index in [1.807, 2.05) is 54.7 Å². The van der Waals surface area contributed by atoms with Gasteiger partial charge in [0.2, 0.25) is 0 Å². The summed E-state index contributed by atoms with van der Waals surface area (Å²) in [6, 6.07) is 59.5. The summed E-state index contributed by atoms with van der Waals surface area (Å²) in [5.74, 6) is 0. The second-order valence-corrected chi connectivity index (χ2v) is 13.1. The van der Waals surface area contributed by atoms with Gasteiger partial charge in [0.1, 0.15) is 0 Å². The molecule has 0 saturated carbocycles. The Hall–Kier alpha value is -6.10. The van der Waals surface area contributed by atoms with E-state index in [-0.39, 0.29) is 0 Å². The highest BCUT2D eigenvalue weighted by atomic mass is 32.2. The zero-order valence-corrected chi connectivity index (χ0v) is 27.3. The van der Waals surface area contributed by atoms with Gasteiger partial charge >= 0.3 is 0 Å². The lowest BCUT2D eigenvalue weighted by atomic mass is 9.94. The van der Waals surface area contributed by atoms with Crippen LogP contribution in [0.3, 0.4) is 0 Å². The van der Waals surface area contributed by atoms with Crippen molar-refractivity contribution in [2.45, 2.75) is 9.79 Å². The van der Waals surface area contributed by atoms with Crippen LogP contribution in [0.2, 0.25) is 0 Å². The van der Waals surface area contributed by atoms with E-state index in [2.05, 4.69) is 121 Å². The summed E-state index contributed by atoms with van der Waals surface area (Å²) in [6.07, 6.45) is 2.02. The maximum absolute atomic E-state index is 5.14. The van der Waals surface area contributed by atoms with Crippen LogP contribution in [-0.2, 0) is 0 Å². The Morgan fingerprint density at radius 3 is 1.57 bits per heavy atom. The Balaban J connectivity index is 1.09. The minimum absolute atomic E-state index is 0.877. The lowest BCUT2D eigenvalue weighted by molar-refractivity contribution is 1.29. The van der Waals surface area contributed by atoms with Gasteiger partial charge in [-0.25, -0.2) is 9.97 Å². The molecule has 0 bridgehead atoms. The SMILES string of the molecule is C1=Nc2ccccc2Sc2cccc(-c3cccc(-c4cccc(-c5cccc(-c6nc7ccccc7nc6-c6ccccc6)c5)c4)c3)c21. The third kappa shape index (κ3) is 5.62. The van der Waals surface area contributed by atoms with Crippen molar-refractivity contribution in [3.63, 3.8) is 0 Å². The molecule has 0 atom stereocenters. The predicted molar refractivity (Wildman–Crippen MR) is 205 cm³/mol. The fourth-order valence-electron chi connectivity index (χ4n) is 6.51. The van der Waals surface area contributed by atoms with Crippen molar-refractivity contribution in [3.05, 3.63) is 175 Å². The first kappa shape index (κ1) is 29.1. The van der Waals surface area contributed by atoms with Crippen LogP contribution < -0.4 is 0 Å². The van der Waals surface area contributed by atoms with Crippen LogP contribution in [0.5, 0.6) is 0 Å². The van der Waals surface area contributed by atoms with Crippen molar-refractivity contribution in [2.75, 3.05) is 0 Å². The normalized spacial score (nSPS) is 11.9. The highest BCUT2D eigenvalue weighted by Crippen LogP contribution is 2.42. The van der Waals surface area contributed by atoms with Crippen molar-refractivity contribution >= 4 is 34.7 Å². The molecule has 0 amide bonds. The molecule has 0 aliphatic carbocycles. The van der Waals surface area contributed by atoms with E-state index in [0.29, 0.717) is 0 Å². The topological polar surface area (TPSA) is 38.1 Å². The third-order valence-corrected chi connectivity index (χ3v) is 10.1. The molecule has 49 heavy (non-hydrogen) atoms. The van der Waals surface area contributed by atoms with Gasteiger partial charge in [0, 0.05) is 32.7 Å². The number of nitrogens with zero attached hydrogens (tertiary/aromatic N) is 3. The molecule has 0 fully saturated rings. The summed E-state index contributed by atoms with van der Waals surface area (Å²) in [5.41, 5.74) is 14.7. The van der Waals surface area contributed by atoms with Crippen molar-refractivity contribution < 1.29 is 0 Å². The average molecular weight is 644 g/mol. The molecule has 0 radical (unpaired) electrons. The fourth-order valence-corrected chi connectivity index (χ4v) is 7.54. The summed E-state index contributed by atoms with van der Waals surface area (Å²) in [5, 5.41) is 0. The van der Waals surface area contributed by atoms with Gasteiger partial charge in [-0.3, -0.25) is 4.99 Å². The highest BCUT2D eigenvalue weighted by Gasteiger charge is 2.16. The van der Waals surface area contributed by atoms with Crippen molar-refractivity contribution in [2.24, 2.45) is 4.99 Å². The van der Waals surface area contributed by atoms with Crippen LogP contribution in [0.15, 0.2) is 185 Å². The maximum Gasteiger partial charge on any atom is 0.0973 e. The van der Waals surface area contributed by atoms with Gasteiger partial charge in [0.15, 0.2) is 0 Å². The number of aromatic nitrogens is 2. The molecule has 1 aliphatic rings. The van der Waals surface area contributed by atoms with E-state index in [1.54, 1.807) is 11.8 Å². The average Bonchev–Trinajstić information content (AvgIpc) is 3.37. The van der Waals surface area contributed by atoms with Gasteiger partial charge in [-0.2, -0.15) is 0 Å². The highest BCUT2D eigenvalue weighted by molar-refractivity contribution is 7.99. The monoisotopic (exact) mass is 643 g/mol. The van der Waals surface area contributed by atoms with E-state index in [9.17, 15) is 0 Å². The summed E-state index contributed by atoms with van der Waals surface area (Å²) in [6.45, 7) is 0. The maximum atomic E-state index is 5.14. The summed E-state index contributed by atoms with van der Waals surface area (Å²) in [4.78, 5) is 17.5. The summed E-state index contributed by atoms with van der Waals surface area (Å²) >= 11 is 1.78. The number of hydrogen-bond donors (Lipinski definition) is 0. The zero-order valence-electron chi connectivity index (χ0n) is 26.5. The second kappa shape index (κ2) is 12.5. The van der Waals surface area contributed by atoms with Gasteiger partial charge in [0.25, 0.3) is 0 Å². The minimum Gasteiger partial charge on any atom is -0.255 e. The van der Waals surface area contributed by atoms with E-state index < -0.39 is 0 Å². The van der Waals surface area contributed by atoms with Gasteiger partial charge in [-0.15, -0.1) is 0 Å². The van der Waals surface area contributed by atoms with E-state index in [1.165, 1.54) is 26.5 Å². The molecule has 4 heteroatoms. The quantitative estimate of drug-likeness (QED) is 0.187. The first-order chi connectivity index (χ1) is 24.3.